The molecule has 0 unspecified atom stereocenters. The summed E-state index contributed by atoms with van der Waals surface area (Å²) in [5.74, 6) is 0.303. The van der Waals surface area contributed by atoms with Crippen molar-refractivity contribution in [3.8, 4) is 5.75 Å². The maximum atomic E-state index is 11.1. The molecule has 0 aliphatic rings. The molecule has 2 aromatic rings. The number of nitro benzene ring substituents is 1. The summed E-state index contributed by atoms with van der Waals surface area (Å²) in [5.41, 5.74) is 3.27. The van der Waals surface area contributed by atoms with Gasteiger partial charge in [-0.25, -0.2) is 0 Å². The van der Waals surface area contributed by atoms with Gasteiger partial charge in [0.15, 0.2) is 5.75 Å². The lowest BCUT2D eigenvalue weighted by molar-refractivity contribution is -0.386. The van der Waals surface area contributed by atoms with Crippen LogP contribution in [0.2, 0.25) is 0 Å². The van der Waals surface area contributed by atoms with Gasteiger partial charge in [0.1, 0.15) is 6.61 Å². The molecule has 0 bridgehead atoms. The number of hydrogen-bond acceptors (Lipinski definition) is 4. The highest BCUT2D eigenvalue weighted by molar-refractivity contribution is 5.53. The molecule has 0 heterocycles. The standard InChI is InChI=1S/C16H17NO4/c1-11-7-12(2)16(15(8-11)17(19)20)21-10-14-5-3-13(9-18)4-6-14/h3-8,18H,9-10H2,1-2H3. The quantitative estimate of drug-likeness (QED) is 0.676. The van der Waals surface area contributed by atoms with E-state index in [-0.39, 0.29) is 18.9 Å². The molecule has 2 rings (SSSR count). The van der Waals surface area contributed by atoms with Gasteiger partial charge in [0, 0.05) is 6.07 Å². The first kappa shape index (κ1) is 15.0. The van der Waals surface area contributed by atoms with E-state index in [9.17, 15) is 10.1 Å². The van der Waals surface area contributed by atoms with Gasteiger partial charge in [0.05, 0.1) is 11.5 Å². The van der Waals surface area contributed by atoms with Crippen molar-refractivity contribution in [3.05, 3.63) is 68.8 Å². The fourth-order valence-electron chi connectivity index (χ4n) is 2.15. The smallest absolute Gasteiger partial charge is 0.311 e. The third kappa shape index (κ3) is 3.58. The summed E-state index contributed by atoms with van der Waals surface area (Å²) in [6.45, 7) is 3.85. The first-order valence-electron chi connectivity index (χ1n) is 6.58. The zero-order chi connectivity index (χ0) is 15.4. The normalized spacial score (nSPS) is 10.4. The highest BCUT2D eigenvalue weighted by atomic mass is 16.6. The largest absolute Gasteiger partial charge is 0.482 e. The molecule has 0 atom stereocenters. The van der Waals surface area contributed by atoms with Gasteiger partial charge in [-0.3, -0.25) is 10.1 Å². The van der Waals surface area contributed by atoms with Crippen LogP contribution in [0.3, 0.4) is 0 Å². The van der Waals surface area contributed by atoms with Gasteiger partial charge in [-0.2, -0.15) is 0 Å². The highest BCUT2D eigenvalue weighted by Gasteiger charge is 2.18. The Morgan fingerprint density at radius 3 is 2.33 bits per heavy atom. The van der Waals surface area contributed by atoms with Crippen molar-refractivity contribution < 1.29 is 14.8 Å². The number of hydrogen-bond donors (Lipinski definition) is 1. The van der Waals surface area contributed by atoms with E-state index in [0.717, 1.165) is 22.3 Å². The molecule has 0 aliphatic carbocycles. The van der Waals surface area contributed by atoms with E-state index < -0.39 is 4.92 Å². The van der Waals surface area contributed by atoms with Crippen molar-refractivity contribution >= 4 is 5.69 Å². The SMILES string of the molecule is Cc1cc(C)c(OCc2ccc(CO)cc2)c([N+](=O)[O-])c1. The fraction of sp³-hybridized carbons (Fsp3) is 0.250. The molecule has 110 valence electrons. The lowest BCUT2D eigenvalue weighted by Crippen LogP contribution is -2.01. The predicted octanol–water partition coefficient (Wildman–Crippen LogP) is 3.28. The summed E-state index contributed by atoms with van der Waals surface area (Å²) >= 11 is 0. The Labute approximate surface area is 123 Å². The number of rotatable bonds is 5. The summed E-state index contributed by atoms with van der Waals surface area (Å²) in [4.78, 5) is 10.7. The van der Waals surface area contributed by atoms with E-state index >= 15 is 0 Å². The van der Waals surface area contributed by atoms with E-state index in [2.05, 4.69) is 0 Å². The van der Waals surface area contributed by atoms with Gasteiger partial charge in [0.2, 0.25) is 0 Å². The van der Waals surface area contributed by atoms with E-state index in [1.807, 2.05) is 25.1 Å². The van der Waals surface area contributed by atoms with Gasteiger partial charge in [-0.15, -0.1) is 0 Å². The molecule has 0 aromatic heterocycles. The predicted molar refractivity (Wildman–Crippen MR) is 79.3 cm³/mol. The first-order valence-corrected chi connectivity index (χ1v) is 6.58. The van der Waals surface area contributed by atoms with Gasteiger partial charge in [0.25, 0.3) is 0 Å². The van der Waals surface area contributed by atoms with Gasteiger partial charge in [-0.05, 0) is 36.1 Å². The van der Waals surface area contributed by atoms with Crippen LogP contribution >= 0.6 is 0 Å². The molecular weight excluding hydrogens is 270 g/mol. The zero-order valence-electron chi connectivity index (χ0n) is 12.0. The summed E-state index contributed by atoms with van der Waals surface area (Å²) in [5, 5.41) is 20.1. The lowest BCUT2D eigenvalue weighted by Gasteiger charge is -2.11. The third-order valence-electron chi connectivity index (χ3n) is 3.18. The second-order valence-electron chi connectivity index (χ2n) is 4.95. The monoisotopic (exact) mass is 287 g/mol. The van der Waals surface area contributed by atoms with Crippen LogP contribution in [-0.4, -0.2) is 10.0 Å². The Hall–Kier alpha value is -2.40. The van der Waals surface area contributed by atoms with Crippen molar-refractivity contribution in [1.29, 1.82) is 0 Å². The second-order valence-corrected chi connectivity index (χ2v) is 4.95. The highest BCUT2D eigenvalue weighted by Crippen LogP contribution is 2.32. The van der Waals surface area contributed by atoms with E-state index in [0.29, 0.717) is 5.75 Å². The summed E-state index contributed by atoms with van der Waals surface area (Å²) in [6.07, 6.45) is 0. The van der Waals surface area contributed by atoms with Crippen LogP contribution in [0, 0.1) is 24.0 Å². The maximum absolute atomic E-state index is 11.1. The average molecular weight is 287 g/mol. The minimum atomic E-state index is -0.426. The molecule has 0 spiro atoms. The Morgan fingerprint density at radius 2 is 1.76 bits per heavy atom. The number of aliphatic hydroxyl groups excluding tert-OH is 1. The molecule has 1 N–H and O–H groups in total. The maximum Gasteiger partial charge on any atom is 0.311 e. The van der Waals surface area contributed by atoms with Gasteiger partial charge < -0.3 is 9.84 Å². The van der Waals surface area contributed by atoms with Crippen LogP contribution in [0.15, 0.2) is 36.4 Å². The van der Waals surface area contributed by atoms with Crippen LogP contribution in [0.4, 0.5) is 5.69 Å². The topological polar surface area (TPSA) is 72.6 Å². The van der Waals surface area contributed by atoms with Crippen LogP contribution in [-0.2, 0) is 13.2 Å². The van der Waals surface area contributed by atoms with E-state index in [4.69, 9.17) is 9.84 Å². The number of nitrogens with zero attached hydrogens (tertiary/aromatic N) is 1. The molecule has 0 saturated heterocycles. The number of ether oxygens (including phenoxy) is 1. The van der Waals surface area contributed by atoms with Crippen LogP contribution in [0.25, 0.3) is 0 Å². The van der Waals surface area contributed by atoms with Crippen molar-refractivity contribution in [2.24, 2.45) is 0 Å². The van der Waals surface area contributed by atoms with Crippen LogP contribution in [0.5, 0.6) is 5.75 Å². The first-order chi connectivity index (χ1) is 10.0. The summed E-state index contributed by atoms with van der Waals surface area (Å²) in [6, 6.07) is 10.6. The van der Waals surface area contributed by atoms with Gasteiger partial charge >= 0.3 is 5.69 Å². The second kappa shape index (κ2) is 6.37. The molecular formula is C16H17NO4. The van der Waals surface area contributed by atoms with Crippen LogP contribution < -0.4 is 4.74 Å². The summed E-state index contributed by atoms with van der Waals surface area (Å²) < 4.78 is 5.64. The number of aryl methyl sites for hydroxylation is 2. The molecule has 0 amide bonds. The average Bonchev–Trinajstić information content (AvgIpc) is 2.46. The molecule has 21 heavy (non-hydrogen) atoms. The molecule has 2 aromatic carbocycles. The molecule has 5 heteroatoms. The van der Waals surface area contributed by atoms with Crippen molar-refractivity contribution in [3.63, 3.8) is 0 Å². The summed E-state index contributed by atoms with van der Waals surface area (Å²) in [7, 11) is 0. The Balaban J connectivity index is 2.20. The minimum Gasteiger partial charge on any atom is -0.482 e. The van der Waals surface area contributed by atoms with Crippen LogP contribution in [0.1, 0.15) is 22.3 Å². The molecule has 5 nitrogen and oxygen atoms in total. The molecule has 0 radical (unpaired) electrons. The fourth-order valence-corrected chi connectivity index (χ4v) is 2.15. The van der Waals surface area contributed by atoms with E-state index in [1.54, 1.807) is 19.1 Å². The Kier molecular flexibility index (Phi) is 4.55. The van der Waals surface area contributed by atoms with Crippen molar-refractivity contribution in [2.75, 3.05) is 0 Å². The van der Waals surface area contributed by atoms with Crippen molar-refractivity contribution in [2.45, 2.75) is 27.1 Å². The third-order valence-corrected chi connectivity index (χ3v) is 3.18. The number of nitro groups is 1. The zero-order valence-corrected chi connectivity index (χ0v) is 12.0. The lowest BCUT2D eigenvalue weighted by atomic mass is 10.1. The van der Waals surface area contributed by atoms with E-state index in [1.165, 1.54) is 6.07 Å². The number of benzene rings is 2. The molecule has 0 fully saturated rings. The van der Waals surface area contributed by atoms with Crippen molar-refractivity contribution in [1.82, 2.24) is 0 Å². The minimum absolute atomic E-state index is 0.0102. The Bertz CT molecular complexity index is 650. The Morgan fingerprint density at radius 1 is 1.14 bits per heavy atom. The number of aliphatic hydroxyl groups is 1. The molecule has 0 aliphatic heterocycles. The van der Waals surface area contributed by atoms with Gasteiger partial charge in [-0.1, -0.05) is 30.3 Å². The molecule has 0 saturated carbocycles.